The summed E-state index contributed by atoms with van der Waals surface area (Å²) in [7, 11) is 0. The van der Waals surface area contributed by atoms with Crippen LogP contribution in [0.3, 0.4) is 0 Å². The van der Waals surface area contributed by atoms with Crippen LogP contribution in [0.1, 0.15) is 31.9 Å². The summed E-state index contributed by atoms with van der Waals surface area (Å²) in [4.78, 5) is 2.22. The molecule has 3 N–H and O–H groups in total. The Morgan fingerprint density at radius 2 is 2.17 bits per heavy atom. The minimum atomic E-state index is -0.353. The summed E-state index contributed by atoms with van der Waals surface area (Å²) in [6.45, 7) is 5.90. The van der Waals surface area contributed by atoms with Gasteiger partial charge in [0.1, 0.15) is 11.6 Å². The van der Waals surface area contributed by atoms with Gasteiger partial charge in [0.25, 0.3) is 0 Å². The standard InChI is InChI=1S/C14H21FN2O/c1-9-5-11(16)8-17(7-9)10(2)13-4-3-12(18)6-14(13)15/h3-4,6,9-11,18H,5,7-8,16H2,1-2H3. The van der Waals surface area contributed by atoms with Crippen molar-refractivity contribution >= 4 is 0 Å². The molecule has 0 bridgehead atoms. The van der Waals surface area contributed by atoms with E-state index in [-0.39, 0.29) is 23.7 Å². The van der Waals surface area contributed by atoms with Crippen LogP contribution in [0.15, 0.2) is 18.2 Å². The van der Waals surface area contributed by atoms with Crippen molar-refractivity contribution in [2.45, 2.75) is 32.4 Å². The SMILES string of the molecule is CC1CC(N)CN(C(C)c2ccc(O)cc2F)C1. The number of likely N-dealkylation sites (tertiary alicyclic amines) is 1. The average Bonchev–Trinajstić information content (AvgIpc) is 2.26. The zero-order chi connectivity index (χ0) is 13.3. The van der Waals surface area contributed by atoms with E-state index in [0.29, 0.717) is 11.5 Å². The maximum absolute atomic E-state index is 13.8. The van der Waals surface area contributed by atoms with Gasteiger partial charge in [-0.05, 0) is 25.3 Å². The third-order valence-corrected chi connectivity index (χ3v) is 3.70. The van der Waals surface area contributed by atoms with Gasteiger partial charge in [-0.3, -0.25) is 4.90 Å². The lowest BCUT2D eigenvalue weighted by Gasteiger charge is -2.38. The summed E-state index contributed by atoms with van der Waals surface area (Å²) in [6.07, 6.45) is 1.03. The summed E-state index contributed by atoms with van der Waals surface area (Å²) >= 11 is 0. The van der Waals surface area contributed by atoms with Crippen LogP contribution in [-0.4, -0.2) is 29.1 Å². The number of halogens is 1. The molecule has 4 heteroatoms. The number of nitrogens with two attached hydrogens (primary N) is 1. The lowest BCUT2D eigenvalue weighted by atomic mass is 9.94. The van der Waals surface area contributed by atoms with Crippen molar-refractivity contribution in [3.63, 3.8) is 0 Å². The van der Waals surface area contributed by atoms with Crippen molar-refractivity contribution in [2.75, 3.05) is 13.1 Å². The first kappa shape index (κ1) is 13.3. The maximum Gasteiger partial charge on any atom is 0.131 e. The van der Waals surface area contributed by atoms with E-state index in [9.17, 15) is 9.50 Å². The number of nitrogens with zero attached hydrogens (tertiary/aromatic N) is 1. The number of hydrogen-bond donors (Lipinski definition) is 2. The predicted molar refractivity (Wildman–Crippen MR) is 69.8 cm³/mol. The second-order valence-corrected chi connectivity index (χ2v) is 5.44. The Labute approximate surface area is 107 Å². The van der Waals surface area contributed by atoms with Gasteiger partial charge in [-0.1, -0.05) is 13.0 Å². The Morgan fingerprint density at radius 1 is 1.44 bits per heavy atom. The van der Waals surface area contributed by atoms with Gasteiger partial charge in [-0.2, -0.15) is 0 Å². The Bertz CT molecular complexity index is 414. The Kier molecular flexibility index (Phi) is 3.88. The highest BCUT2D eigenvalue weighted by Crippen LogP contribution is 2.29. The van der Waals surface area contributed by atoms with Crippen molar-refractivity contribution in [1.82, 2.24) is 4.90 Å². The molecule has 18 heavy (non-hydrogen) atoms. The van der Waals surface area contributed by atoms with Crippen molar-refractivity contribution in [1.29, 1.82) is 0 Å². The highest BCUT2D eigenvalue weighted by molar-refractivity contribution is 5.29. The fourth-order valence-corrected chi connectivity index (χ4v) is 2.81. The number of hydrogen-bond acceptors (Lipinski definition) is 3. The van der Waals surface area contributed by atoms with Gasteiger partial charge in [-0.15, -0.1) is 0 Å². The minimum absolute atomic E-state index is 0.0144. The minimum Gasteiger partial charge on any atom is -0.508 e. The summed E-state index contributed by atoms with van der Waals surface area (Å²) in [5.41, 5.74) is 6.64. The van der Waals surface area contributed by atoms with E-state index < -0.39 is 0 Å². The molecule has 3 unspecified atom stereocenters. The van der Waals surface area contributed by atoms with Crippen molar-refractivity contribution < 1.29 is 9.50 Å². The molecule has 0 aromatic heterocycles. The highest BCUT2D eigenvalue weighted by atomic mass is 19.1. The monoisotopic (exact) mass is 252 g/mol. The second-order valence-electron chi connectivity index (χ2n) is 5.44. The molecule has 1 aliphatic heterocycles. The lowest BCUT2D eigenvalue weighted by molar-refractivity contribution is 0.122. The van der Waals surface area contributed by atoms with Crippen molar-refractivity contribution in [3.8, 4) is 5.75 Å². The Hall–Kier alpha value is -1.13. The van der Waals surface area contributed by atoms with Crippen molar-refractivity contribution in [2.24, 2.45) is 11.7 Å². The van der Waals surface area contributed by atoms with Crippen molar-refractivity contribution in [3.05, 3.63) is 29.6 Å². The van der Waals surface area contributed by atoms with E-state index in [2.05, 4.69) is 11.8 Å². The smallest absolute Gasteiger partial charge is 0.131 e. The fraction of sp³-hybridized carbons (Fsp3) is 0.571. The topological polar surface area (TPSA) is 49.5 Å². The van der Waals surface area contributed by atoms with E-state index in [4.69, 9.17) is 5.73 Å². The fourth-order valence-electron chi connectivity index (χ4n) is 2.81. The first-order valence-electron chi connectivity index (χ1n) is 6.45. The summed E-state index contributed by atoms with van der Waals surface area (Å²) in [5.74, 6) is 0.151. The quantitative estimate of drug-likeness (QED) is 0.849. The molecule has 0 radical (unpaired) electrons. The highest BCUT2D eigenvalue weighted by Gasteiger charge is 2.27. The number of phenols is 1. The third kappa shape index (κ3) is 2.82. The molecule has 1 aromatic rings. The van der Waals surface area contributed by atoms with E-state index in [0.717, 1.165) is 19.5 Å². The number of rotatable bonds is 2. The lowest BCUT2D eigenvalue weighted by Crippen LogP contribution is -2.47. The van der Waals surface area contributed by atoms with Gasteiger partial charge in [0.05, 0.1) is 0 Å². The molecule has 0 spiro atoms. The Balaban J connectivity index is 2.17. The molecule has 0 saturated carbocycles. The van der Waals surface area contributed by atoms with Gasteiger partial charge in [0, 0.05) is 36.8 Å². The molecule has 1 heterocycles. The van der Waals surface area contributed by atoms with Gasteiger partial charge in [0.15, 0.2) is 0 Å². The molecule has 1 fully saturated rings. The first-order valence-corrected chi connectivity index (χ1v) is 6.45. The van der Waals surface area contributed by atoms with Crippen LogP contribution in [0.25, 0.3) is 0 Å². The summed E-state index contributed by atoms with van der Waals surface area (Å²) < 4.78 is 13.8. The van der Waals surface area contributed by atoms with E-state index in [1.807, 2.05) is 6.92 Å². The molecule has 0 amide bonds. The zero-order valence-electron chi connectivity index (χ0n) is 10.9. The van der Waals surface area contributed by atoms with Gasteiger partial charge < -0.3 is 10.8 Å². The van der Waals surface area contributed by atoms with Gasteiger partial charge >= 0.3 is 0 Å². The molecular weight excluding hydrogens is 231 g/mol. The largest absolute Gasteiger partial charge is 0.508 e. The van der Waals surface area contributed by atoms with Gasteiger partial charge in [0.2, 0.25) is 0 Å². The van der Waals surface area contributed by atoms with Gasteiger partial charge in [-0.25, -0.2) is 4.39 Å². The molecule has 2 rings (SSSR count). The van der Waals surface area contributed by atoms with Crippen LogP contribution in [0.4, 0.5) is 4.39 Å². The van der Waals surface area contributed by atoms with Crippen LogP contribution in [0, 0.1) is 11.7 Å². The first-order chi connectivity index (χ1) is 8.47. The van der Waals surface area contributed by atoms with E-state index >= 15 is 0 Å². The normalized spacial score (nSPS) is 27.1. The summed E-state index contributed by atoms with van der Waals surface area (Å²) in [6, 6.07) is 4.50. The number of piperidine rings is 1. The molecule has 100 valence electrons. The Morgan fingerprint density at radius 3 is 2.78 bits per heavy atom. The zero-order valence-corrected chi connectivity index (χ0v) is 10.9. The van der Waals surface area contributed by atoms with Crippen LogP contribution in [0.5, 0.6) is 5.75 Å². The third-order valence-electron chi connectivity index (χ3n) is 3.70. The predicted octanol–water partition coefficient (Wildman–Crippen LogP) is 2.26. The van der Waals surface area contributed by atoms with Crippen LogP contribution >= 0.6 is 0 Å². The van der Waals surface area contributed by atoms with E-state index in [1.165, 1.54) is 12.1 Å². The number of aromatic hydroxyl groups is 1. The van der Waals surface area contributed by atoms with Crippen LogP contribution in [0.2, 0.25) is 0 Å². The molecule has 3 atom stereocenters. The second kappa shape index (κ2) is 5.24. The average molecular weight is 252 g/mol. The molecule has 3 nitrogen and oxygen atoms in total. The molecule has 1 aromatic carbocycles. The maximum atomic E-state index is 13.8. The molecular formula is C14H21FN2O. The van der Waals surface area contributed by atoms with Crippen LogP contribution < -0.4 is 5.73 Å². The molecule has 1 saturated heterocycles. The number of phenolic OH excluding ortho intramolecular Hbond substituents is 1. The van der Waals surface area contributed by atoms with Crippen LogP contribution in [-0.2, 0) is 0 Å². The number of benzene rings is 1. The molecule has 0 aliphatic carbocycles. The van der Waals surface area contributed by atoms with E-state index in [1.54, 1.807) is 6.07 Å². The summed E-state index contributed by atoms with van der Waals surface area (Å²) in [5, 5.41) is 9.24. The molecule has 1 aliphatic rings.